The van der Waals surface area contributed by atoms with Crippen LogP contribution in [0.25, 0.3) is 16.8 Å². The number of ketones is 1. The number of morpholine rings is 1. The van der Waals surface area contributed by atoms with Gasteiger partial charge in [0.05, 0.1) is 13.2 Å². The Kier molecular flexibility index (Phi) is 6.40. The zero-order valence-electron chi connectivity index (χ0n) is 19.3. The molecule has 2 aromatic carbocycles. The van der Waals surface area contributed by atoms with Crippen LogP contribution in [0.5, 0.6) is 5.75 Å². The van der Waals surface area contributed by atoms with Gasteiger partial charge in [-0.3, -0.25) is 14.9 Å². The molecule has 1 aliphatic heterocycles. The normalized spacial score (nSPS) is 13.6. The highest BCUT2D eigenvalue weighted by Gasteiger charge is 2.13. The molecule has 3 heterocycles. The first-order valence-corrected chi connectivity index (χ1v) is 11.4. The minimum absolute atomic E-state index is 0.0276. The summed E-state index contributed by atoms with van der Waals surface area (Å²) in [6.45, 7) is 4.52. The molecule has 1 aliphatic rings. The van der Waals surface area contributed by atoms with Crippen molar-refractivity contribution >= 4 is 29.0 Å². The molecule has 0 spiro atoms. The number of carbonyl (C=O) groups is 2. The van der Waals surface area contributed by atoms with Crippen LogP contribution < -0.4 is 15.0 Å². The molecule has 0 saturated carbocycles. The number of carbonyl (C=O) groups excluding carboxylic acids is 2. The van der Waals surface area contributed by atoms with Gasteiger partial charge in [0.15, 0.2) is 18.0 Å². The topological polar surface area (TPSA) is 98.1 Å². The fraction of sp³-hybridized carbons (Fsp3) is 0.231. The number of hydrogen-bond acceptors (Lipinski definition) is 7. The van der Waals surface area contributed by atoms with Gasteiger partial charge in [0.2, 0.25) is 5.95 Å². The number of fused-ring (bicyclic) bond motifs is 1. The molecule has 1 amide bonds. The molecule has 0 atom stereocenters. The number of amides is 1. The number of Topliss-reactive ketones (excluding diaryl/α,β-unsaturated/α-hetero) is 1. The summed E-state index contributed by atoms with van der Waals surface area (Å²) < 4.78 is 12.6. The maximum atomic E-state index is 12.3. The SMILES string of the molecule is CC(=O)c1ccc(OCC(=O)Nc2nc3ccc(-c4cccc(N5CCOCC5)c4)cn3n2)cc1. The Morgan fingerprint density at radius 2 is 1.83 bits per heavy atom. The Balaban J connectivity index is 1.25. The standard InChI is InChI=1S/C26H25N5O4/c1-18(32)19-5-8-23(9-6-19)35-17-25(33)28-26-27-24-10-7-21(16-31(24)29-26)20-3-2-4-22(15-20)30-11-13-34-14-12-30/h2-10,15-16H,11-14,17H2,1H3,(H,28,29,33). The minimum Gasteiger partial charge on any atom is -0.484 e. The molecular weight excluding hydrogens is 446 g/mol. The van der Waals surface area contributed by atoms with E-state index >= 15 is 0 Å². The van der Waals surface area contributed by atoms with E-state index in [0.717, 1.165) is 43.1 Å². The number of anilines is 2. The van der Waals surface area contributed by atoms with Crippen LogP contribution in [0.2, 0.25) is 0 Å². The van der Waals surface area contributed by atoms with E-state index in [-0.39, 0.29) is 24.2 Å². The Bertz CT molecular complexity index is 1360. The van der Waals surface area contributed by atoms with Crippen molar-refractivity contribution in [1.29, 1.82) is 0 Å². The van der Waals surface area contributed by atoms with E-state index in [2.05, 4.69) is 38.5 Å². The molecular formula is C26H25N5O4. The molecule has 35 heavy (non-hydrogen) atoms. The van der Waals surface area contributed by atoms with Crippen LogP contribution in [0.15, 0.2) is 66.9 Å². The number of aromatic nitrogens is 3. The molecule has 0 aliphatic carbocycles. The van der Waals surface area contributed by atoms with Crippen LogP contribution in [0, 0.1) is 0 Å². The lowest BCUT2D eigenvalue weighted by Crippen LogP contribution is -2.36. The monoisotopic (exact) mass is 471 g/mol. The lowest BCUT2D eigenvalue weighted by atomic mass is 10.1. The second-order valence-corrected chi connectivity index (χ2v) is 8.22. The van der Waals surface area contributed by atoms with Gasteiger partial charge < -0.3 is 14.4 Å². The second-order valence-electron chi connectivity index (χ2n) is 8.22. The van der Waals surface area contributed by atoms with E-state index in [1.807, 2.05) is 24.4 Å². The number of hydrogen-bond donors (Lipinski definition) is 1. The zero-order chi connectivity index (χ0) is 24.2. The van der Waals surface area contributed by atoms with Crippen molar-refractivity contribution in [3.63, 3.8) is 0 Å². The first-order chi connectivity index (χ1) is 17.0. The Morgan fingerprint density at radius 3 is 2.60 bits per heavy atom. The number of benzene rings is 2. The van der Waals surface area contributed by atoms with Gasteiger partial charge in [0.25, 0.3) is 5.91 Å². The van der Waals surface area contributed by atoms with Crippen molar-refractivity contribution in [3.05, 3.63) is 72.4 Å². The molecule has 0 unspecified atom stereocenters. The highest BCUT2D eigenvalue weighted by atomic mass is 16.5. The van der Waals surface area contributed by atoms with Crippen molar-refractivity contribution in [2.75, 3.05) is 43.1 Å². The number of rotatable bonds is 7. The summed E-state index contributed by atoms with van der Waals surface area (Å²) in [4.78, 5) is 30.4. The first-order valence-electron chi connectivity index (χ1n) is 11.4. The molecule has 1 N–H and O–H groups in total. The third-order valence-corrected chi connectivity index (χ3v) is 5.77. The summed E-state index contributed by atoms with van der Waals surface area (Å²) >= 11 is 0. The lowest BCUT2D eigenvalue weighted by Gasteiger charge is -2.29. The average molecular weight is 472 g/mol. The van der Waals surface area contributed by atoms with E-state index in [1.165, 1.54) is 6.92 Å². The summed E-state index contributed by atoms with van der Waals surface area (Å²) in [5.74, 6) is 0.289. The molecule has 0 radical (unpaired) electrons. The fourth-order valence-corrected chi connectivity index (χ4v) is 3.91. The Morgan fingerprint density at radius 1 is 1.03 bits per heavy atom. The summed E-state index contributed by atoms with van der Waals surface area (Å²) in [7, 11) is 0. The van der Waals surface area contributed by atoms with Gasteiger partial charge in [-0.2, -0.15) is 4.98 Å². The van der Waals surface area contributed by atoms with Gasteiger partial charge in [-0.1, -0.05) is 12.1 Å². The largest absolute Gasteiger partial charge is 0.484 e. The van der Waals surface area contributed by atoms with Crippen LogP contribution in [0.3, 0.4) is 0 Å². The Hall–Kier alpha value is -4.24. The molecule has 9 nitrogen and oxygen atoms in total. The van der Waals surface area contributed by atoms with E-state index in [4.69, 9.17) is 9.47 Å². The highest BCUT2D eigenvalue weighted by Crippen LogP contribution is 2.26. The summed E-state index contributed by atoms with van der Waals surface area (Å²) in [6.07, 6.45) is 1.89. The molecule has 4 aromatic rings. The van der Waals surface area contributed by atoms with Crippen molar-refractivity contribution in [2.45, 2.75) is 6.92 Å². The third-order valence-electron chi connectivity index (χ3n) is 5.77. The first kappa shape index (κ1) is 22.5. The predicted octanol–water partition coefficient (Wildman–Crippen LogP) is 3.45. The van der Waals surface area contributed by atoms with Crippen molar-refractivity contribution in [3.8, 4) is 16.9 Å². The molecule has 178 valence electrons. The van der Waals surface area contributed by atoms with E-state index in [1.54, 1.807) is 28.8 Å². The summed E-state index contributed by atoms with van der Waals surface area (Å²) in [6, 6.07) is 18.9. The minimum atomic E-state index is -0.380. The fourth-order valence-electron chi connectivity index (χ4n) is 3.91. The highest BCUT2D eigenvalue weighted by molar-refractivity contribution is 5.94. The number of ether oxygens (including phenoxy) is 2. The van der Waals surface area contributed by atoms with Crippen LogP contribution in [0.4, 0.5) is 11.6 Å². The molecule has 5 rings (SSSR count). The molecule has 1 fully saturated rings. The number of nitrogens with zero attached hydrogens (tertiary/aromatic N) is 4. The summed E-state index contributed by atoms with van der Waals surface area (Å²) in [5.41, 5.74) is 4.43. The molecule has 1 saturated heterocycles. The second kappa shape index (κ2) is 9.94. The van der Waals surface area contributed by atoms with E-state index in [9.17, 15) is 9.59 Å². The number of pyridine rings is 1. The summed E-state index contributed by atoms with van der Waals surface area (Å²) in [5, 5.41) is 7.05. The predicted molar refractivity (Wildman–Crippen MR) is 132 cm³/mol. The average Bonchev–Trinajstić information content (AvgIpc) is 3.29. The Labute approximate surface area is 202 Å². The maximum absolute atomic E-state index is 12.3. The van der Waals surface area contributed by atoms with Crippen LogP contribution in [-0.2, 0) is 9.53 Å². The van der Waals surface area contributed by atoms with Crippen LogP contribution >= 0.6 is 0 Å². The van der Waals surface area contributed by atoms with Gasteiger partial charge in [-0.15, -0.1) is 5.10 Å². The van der Waals surface area contributed by atoms with Gasteiger partial charge in [-0.05, 0) is 61.0 Å². The van der Waals surface area contributed by atoms with Gasteiger partial charge in [0.1, 0.15) is 5.75 Å². The maximum Gasteiger partial charge on any atom is 0.264 e. The lowest BCUT2D eigenvalue weighted by molar-refractivity contribution is -0.118. The quantitative estimate of drug-likeness (QED) is 0.412. The van der Waals surface area contributed by atoms with Crippen LogP contribution in [-0.4, -0.2) is 59.2 Å². The van der Waals surface area contributed by atoms with E-state index < -0.39 is 0 Å². The number of nitrogens with one attached hydrogen (secondary N) is 1. The van der Waals surface area contributed by atoms with Gasteiger partial charge in [-0.25, -0.2) is 4.52 Å². The van der Waals surface area contributed by atoms with Crippen molar-refractivity contribution in [2.24, 2.45) is 0 Å². The zero-order valence-corrected chi connectivity index (χ0v) is 19.3. The molecule has 0 bridgehead atoms. The van der Waals surface area contributed by atoms with Crippen molar-refractivity contribution in [1.82, 2.24) is 14.6 Å². The van der Waals surface area contributed by atoms with Crippen LogP contribution in [0.1, 0.15) is 17.3 Å². The molecule has 2 aromatic heterocycles. The van der Waals surface area contributed by atoms with Gasteiger partial charge >= 0.3 is 0 Å². The van der Waals surface area contributed by atoms with E-state index in [0.29, 0.717) is 17.0 Å². The van der Waals surface area contributed by atoms with Crippen molar-refractivity contribution < 1.29 is 19.1 Å². The smallest absolute Gasteiger partial charge is 0.264 e. The third kappa shape index (κ3) is 5.30. The molecule has 9 heteroatoms. The van der Waals surface area contributed by atoms with Gasteiger partial charge in [0, 0.05) is 36.1 Å².